The van der Waals surface area contributed by atoms with Crippen LogP contribution in [-0.2, 0) is 20.3 Å². The van der Waals surface area contributed by atoms with Gasteiger partial charge in [-0.2, -0.15) is 0 Å². The van der Waals surface area contributed by atoms with Crippen LogP contribution in [-0.4, -0.2) is 52.3 Å². The van der Waals surface area contributed by atoms with Crippen molar-refractivity contribution in [2.75, 3.05) is 25.5 Å². The summed E-state index contributed by atoms with van der Waals surface area (Å²) in [5, 5.41) is 14.3. The Kier molecular flexibility index (Phi) is 4.75. The van der Waals surface area contributed by atoms with Crippen molar-refractivity contribution in [1.82, 2.24) is 5.32 Å². The number of benzene rings is 1. The van der Waals surface area contributed by atoms with Gasteiger partial charge in [0.2, 0.25) is 0 Å². The SMILES string of the molecule is Cc1ccc([S@@](=O)CC23CCC4(CC2[C@@H](O)CCN3)OCCO4)cc1. The molecule has 0 bridgehead atoms. The van der Waals surface area contributed by atoms with E-state index in [2.05, 4.69) is 5.32 Å². The molecule has 4 rings (SSSR count). The van der Waals surface area contributed by atoms with E-state index in [0.717, 1.165) is 36.3 Å². The molecule has 1 aromatic rings. The van der Waals surface area contributed by atoms with Crippen LogP contribution >= 0.6 is 0 Å². The van der Waals surface area contributed by atoms with E-state index in [-0.39, 0.29) is 11.5 Å². The predicted octanol–water partition coefficient (Wildman–Crippen LogP) is 1.74. The second kappa shape index (κ2) is 6.74. The maximum Gasteiger partial charge on any atom is 0.169 e. The van der Waals surface area contributed by atoms with Gasteiger partial charge in [0, 0.05) is 34.9 Å². The number of aliphatic hydroxyl groups is 1. The Balaban J connectivity index is 1.57. The number of hydrogen-bond acceptors (Lipinski definition) is 5. The van der Waals surface area contributed by atoms with Crippen LogP contribution in [0.2, 0.25) is 0 Å². The highest BCUT2D eigenvalue weighted by Gasteiger charge is 2.55. The summed E-state index contributed by atoms with van der Waals surface area (Å²) in [6.07, 6.45) is 2.59. The zero-order valence-corrected chi connectivity index (χ0v) is 15.5. The fourth-order valence-electron chi connectivity index (χ4n) is 4.62. The Morgan fingerprint density at radius 1 is 1.24 bits per heavy atom. The molecule has 1 saturated carbocycles. The molecule has 2 unspecified atom stereocenters. The molecule has 6 heteroatoms. The number of ether oxygens (including phenoxy) is 2. The lowest BCUT2D eigenvalue weighted by molar-refractivity contribution is -0.212. The molecule has 0 radical (unpaired) electrons. The van der Waals surface area contributed by atoms with Gasteiger partial charge >= 0.3 is 0 Å². The third kappa shape index (κ3) is 3.30. The molecule has 4 atom stereocenters. The molecule has 2 heterocycles. The molecule has 0 amide bonds. The van der Waals surface area contributed by atoms with E-state index < -0.39 is 22.7 Å². The molecule has 2 saturated heterocycles. The third-order valence-electron chi connectivity index (χ3n) is 6.06. The van der Waals surface area contributed by atoms with Crippen LogP contribution in [0.5, 0.6) is 0 Å². The van der Waals surface area contributed by atoms with Crippen LogP contribution in [0.15, 0.2) is 29.2 Å². The fourth-order valence-corrected chi connectivity index (χ4v) is 6.16. The minimum Gasteiger partial charge on any atom is -0.393 e. The molecule has 0 aromatic heterocycles. The average molecular weight is 365 g/mol. The van der Waals surface area contributed by atoms with Gasteiger partial charge in [-0.25, -0.2) is 0 Å². The second-order valence-electron chi connectivity index (χ2n) is 7.66. The van der Waals surface area contributed by atoms with E-state index in [4.69, 9.17) is 9.47 Å². The summed E-state index contributed by atoms with van der Waals surface area (Å²) in [5.74, 6) is -0.0181. The first-order chi connectivity index (χ1) is 12.0. The van der Waals surface area contributed by atoms with Crippen molar-refractivity contribution in [1.29, 1.82) is 0 Å². The molecule has 138 valence electrons. The molecule has 3 aliphatic rings. The highest BCUT2D eigenvalue weighted by atomic mass is 32.2. The number of fused-ring (bicyclic) bond motifs is 1. The minimum absolute atomic E-state index is 0.00231. The van der Waals surface area contributed by atoms with Crippen LogP contribution in [0.1, 0.15) is 31.2 Å². The summed E-state index contributed by atoms with van der Waals surface area (Å²) in [6, 6.07) is 7.90. The fraction of sp³-hybridized carbons (Fsp3) is 0.684. The molecular weight excluding hydrogens is 338 g/mol. The van der Waals surface area contributed by atoms with Gasteiger partial charge in [0.25, 0.3) is 0 Å². The largest absolute Gasteiger partial charge is 0.393 e. The molecule has 1 spiro atoms. The number of aliphatic hydroxyl groups excluding tert-OH is 1. The number of piperidine rings is 1. The monoisotopic (exact) mass is 365 g/mol. The zero-order valence-electron chi connectivity index (χ0n) is 14.7. The minimum atomic E-state index is -1.10. The number of aryl methyl sites for hydroxylation is 1. The van der Waals surface area contributed by atoms with Crippen LogP contribution in [0.4, 0.5) is 0 Å². The summed E-state index contributed by atoms with van der Waals surface area (Å²) in [5.41, 5.74) is 0.853. The Morgan fingerprint density at radius 2 is 1.96 bits per heavy atom. The second-order valence-corrected chi connectivity index (χ2v) is 9.11. The highest BCUT2D eigenvalue weighted by Crippen LogP contribution is 2.47. The number of rotatable bonds is 3. The molecule has 2 aliphatic heterocycles. The van der Waals surface area contributed by atoms with Crippen LogP contribution in [0.25, 0.3) is 0 Å². The lowest BCUT2D eigenvalue weighted by Crippen LogP contribution is -2.66. The van der Waals surface area contributed by atoms with Gasteiger partial charge < -0.3 is 19.9 Å². The van der Waals surface area contributed by atoms with Gasteiger partial charge in [0.05, 0.1) is 30.1 Å². The van der Waals surface area contributed by atoms with Gasteiger partial charge in [0.1, 0.15) is 0 Å². The quantitative estimate of drug-likeness (QED) is 0.854. The van der Waals surface area contributed by atoms with E-state index in [1.165, 1.54) is 0 Å². The Hall–Kier alpha value is -0.790. The van der Waals surface area contributed by atoms with Crippen molar-refractivity contribution in [2.24, 2.45) is 5.92 Å². The number of nitrogens with one attached hydrogen (secondary N) is 1. The lowest BCUT2D eigenvalue weighted by atomic mass is 9.66. The van der Waals surface area contributed by atoms with Crippen molar-refractivity contribution in [3.05, 3.63) is 29.8 Å². The van der Waals surface area contributed by atoms with Crippen molar-refractivity contribution in [3.8, 4) is 0 Å². The van der Waals surface area contributed by atoms with E-state index in [1.54, 1.807) is 0 Å². The summed E-state index contributed by atoms with van der Waals surface area (Å²) >= 11 is 0. The third-order valence-corrected chi connectivity index (χ3v) is 7.64. The van der Waals surface area contributed by atoms with Gasteiger partial charge in [-0.1, -0.05) is 17.7 Å². The smallest absolute Gasteiger partial charge is 0.169 e. The maximum atomic E-state index is 13.0. The zero-order chi connectivity index (χ0) is 17.5. The lowest BCUT2D eigenvalue weighted by Gasteiger charge is -2.53. The molecule has 1 aromatic carbocycles. The number of hydrogen-bond donors (Lipinski definition) is 2. The van der Waals surface area contributed by atoms with Crippen molar-refractivity contribution >= 4 is 10.8 Å². The maximum absolute atomic E-state index is 13.0. The first-order valence-electron chi connectivity index (χ1n) is 9.18. The standard InChI is InChI=1S/C19H27NO4S/c1-14-2-4-15(5-3-14)25(22)13-18-7-8-19(23-10-11-24-19)12-16(18)17(21)6-9-20-18/h2-5,16-17,20-21H,6-13H2,1H3/t16?,17-,18?,25-/m0/s1. The van der Waals surface area contributed by atoms with Gasteiger partial charge in [-0.3, -0.25) is 4.21 Å². The van der Waals surface area contributed by atoms with Crippen LogP contribution < -0.4 is 5.32 Å². The summed E-state index contributed by atoms with van der Waals surface area (Å²) in [7, 11) is -1.10. The molecule has 3 fully saturated rings. The molecule has 1 aliphatic carbocycles. The normalized spacial score (nSPS) is 35.4. The Bertz CT molecular complexity index is 643. The topological polar surface area (TPSA) is 67.8 Å². The Labute approximate surface area is 151 Å². The van der Waals surface area contributed by atoms with E-state index in [9.17, 15) is 9.32 Å². The van der Waals surface area contributed by atoms with Crippen molar-refractivity contribution in [2.45, 2.75) is 54.9 Å². The van der Waals surface area contributed by atoms with Gasteiger partial charge in [-0.15, -0.1) is 0 Å². The van der Waals surface area contributed by atoms with E-state index >= 15 is 0 Å². The molecular formula is C19H27NO4S. The first-order valence-corrected chi connectivity index (χ1v) is 10.5. The predicted molar refractivity (Wildman–Crippen MR) is 95.8 cm³/mol. The summed E-state index contributed by atoms with van der Waals surface area (Å²) < 4.78 is 24.8. The molecule has 25 heavy (non-hydrogen) atoms. The van der Waals surface area contributed by atoms with E-state index in [1.807, 2.05) is 31.2 Å². The summed E-state index contributed by atoms with van der Waals surface area (Å²) in [4.78, 5) is 0.856. The highest BCUT2D eigenvalue weighted by molar-refractivity contribution is 7.85. The van der Waals surface area contributed by atoms with Crippen LogP contribution in [0, 0.1) is 12.8 Å². The average Bonchev–Trinajstić information content (AvgIpc) is 3.05. The first kappa shape index (κ1) is 17.6. The molecule has 5 nitrogen and oxygen atoms in total. The van der Waals surface area contributed by atoms with Crippen LogP contribution in [0.3, 0.4) is 0 Å². The van der Waals surface area contributed by atoms with Crippen molar-refractivity contribution in [3.63, 3.8) is 0 Å². The van der Waals surface area contributed by atoms with Gasteiger partial charge in [-0.05, 0) is 38.4 Å². The molecule has 2 N–H and O–H groups in total. The Morgan fingerprint density at radius 3 is 2.68 bits per heavy atom. The van der Waals surface area contributed by atoms with Gasteiger partial charge in [0.15, 0.2) is 5.79 Å². The van der Waals surface area contributed by atoms with E-state index in [0.29, 0.717) is 25.4 Å². The summed E-state index contributed by atoms with van der Waals surface area (Å²) in [6.45, 7) is 4.04. The van der Waals surface area contributed by atoms with Crippen molar-refractivity contribution < 1.29 is 18.8 Å².